The molecule has 0 bridgehead atoms. The SMILES string of the molecule is Cc1ccc(SOOOCCN(C)c2nc3ccccc3o2)cc1. The summed E-state index contributed by atoms with van der Waals surface area (Å²) in [5.74, 6) is 0. The maximum atomic E-state index is 5.66. The highest BCUT2D eigenvalue weighted by atomic mass is 32.2. The summed E-state index contributed by atoms with van der Waals surface area (Å²) in [5.41, 5.74) is 2.78. The first-order valence-electron chi connectivity index (χ1n) is 7.48. The van der Waals surface area contributed by atoms with Gasteiger partial charge >= 0.3 is 0 Å². The molecule has 6 nitrogen and oxygen atoms in total. The number of para-hydroxylation sites is 2. The van der Waals surface area contributed by atoms with Crippen LogP contribution in [-0.2, 0) is 14.3 Å². The number of rotatable bonds is 8. The van der Waals surface area contributed by atoms with Gasteiger partial charge in [0, 0.05) is 18.5 Å². The summed E-state index contributed by atoms with van der Waals surface area (Å²) in [4.78, 5) is 12.2. The van der Waals surface area contributed by atoms with Crippen molar-refractivity contribution in [3.05, 3.63) is 54.1 Å². The summed E-state index contributed by atoms with van der Waals surface area (Å²) < 4.78 is 10.6. The Kier molecular flexibility index (Phi) is 5.71. The number of fused-ring (bicyclic) bond motifs is 1. The van der Waals surface area contributed by atoms with Crippen molar-refractivity contribution in [2.24, 2.45) is 0 Å². The third-order valence-electron chi connectivity index (χ3n) is 3.35. The van der Waals surface area contributed by atoms with Crippen LogP contribution < -0.4 is 4.90 Å². The van der Waals surface area contributed by atoms with Gasteiger partial charge in [0.15, 0.2) is 5.58 Å². The van der Waals surface area contributed by atoms with E-state index in [-0.39, 0.29) is 0 Å². The first-order valence-corrected chi connectivity index (χ1v) is 8.23. The molecule has 0 aliphatic heterocycles. The van der Waals surface area contributed by atoms with E-state index in [2.05, 4.69) is 4.98 Å². The smallest absolute Gasteiger partial charge is 0.298 e. The number of benzene rings is 2. The molecule has 1 aromatic heterocycles. The zero-order valence-electron chi connectivity index (χ0n) is 13.5. The molecule has 1 heterocycles. The predicted octanol–water partition coefficient (Wildman–Crippen LogP) is 4.16. The van der Waals surface area contributed by atoms with Gasteiger partial charge in [-0.1, -0.05) is 34.9 Å². The maximum absolute atomic E-state index is 5.66. The molecule has 0 unspecified atom stereocenters. The summed E-state index contributed by atoms with van der Waals surface area (Å²) in [6, 6.07) is 16.1. The molecule has 3 aromatic rings. The van der Waals surface area contributed by atoms with Crippen molar-refractivity contribution in [1.82, 2.24) is 4.98 Å². The predicted molar refractivity (Wildman–Crippen MR) is 92.4 cm³/mol. The third kappa shape index (κ3) is 4.48. The second-order valence-corrected chi connectivity index (χ2v) is 6.01. The van der Waals surface area contributed by atoms with E-state index in [1.54, 1.807) is 0 Å². The van der Waals surface area contributed by atoms with E-state index in [0.717, 1.165) is 28.0 Å². The molecule has 0 radical (unpaired) electrons. The number of nitrogens with zero attached hydrogens (tertiary/aromatic N) is 2. The number of hydrogen-bond donors (Lipinski definition) is 0. The first kappa shape index (κ1) is 16.8. The minimum Gasteiger partial charge on any atom is -0.423 e. The van der Waals surface area contributed by atoms with Crippen LogP contribution in [0.4, 0.5) is 6.01 Å². The van der Waals surface area contributed by atoms with Crippen LogP contribution in [0.2, 0.25) is 0 Å². The van der Waals surface area contributed by atoms with Gasteiger partial charge in [-0.2, -0.15) is 4.98 Å². The molecule has 7 heteroatoms. The lowest BCUT2D eigenvalue weighted by molar-refractivity contribution is -0.459. The lowest BCUT2D eigenvalue weighted by atomic mass is 10.2. The van der Waals surface area contributed by atoms with Gasteiger partial charge < -0.3 is 9.32 Å². The quantitative estimate of drug-likeness (QED) is 0.263. The van der Waals surface area contributed by atoms with Crippen molar-refractivity contribution in [2.75, 3.05) is 25.1 Å². The standard InChI is InChI=1S/C17H18N2O4S/c1-13-7-9-14(10-8-13)24-23-22-20-12-11-19(2)17-18-15-5-3-4-6-16(15)21-17/h3-10H,11-12H2,1-2H3. The van der Waals surface area contributed by atoms with Crippen LogP contribution in [0.3, 0.4) is 0 Å². The Morgan fingerprint density at radius 2 is 1.92 bits per heavy atom. The molecule has 3 rings (SSSR count). The number of oxazole rings is 1. The molecule has 0 saturated carbocycles. The van der Waals surface area contributed by atoms with Crippen molar-refractivity contribution in [3.63, 3.8) is 0 Å². The minimum atomic E-state index is 0.309. The van der Waals surface area contributed by atoms with Gasteiger partial charge in [-0.25, -0.2) is 4.89 Å². The van der Waals surface area contributed by atoms with Gasteiger partial charge in [0.2, 0.25) is 0 Å². The number of anilines is 1. The number of aromatic nitrogens is 1. The lowest BCUT2D eigenvalue weighted by Gasteiger charge is -2.12. The molecule has 0 atom stereocenters. The van der Waals surface area contributed by atoms with Crippen LogP contribution in [0.5, 0.6) is 0 Å². The fraction of sp³-hybridized carbons (Fsp3) is 0.235. The largest absolute Gasteiger partial charge is 0.423 e. The van der Waals surface area contributed by atoms with Crippen molar-refractivity contribution in [1.29, 1.82) is 0 Å². The van der Waals surface area contributed by atoms with Gasteiger partial charge in [-0.3, -0.25) is 0 Å². The van der Waals surface area contributed by atoms with Gasteiger partial charge in [-0.15, -0.1) is 4.33 Å². The highest BCUT2D eigenvalue weighted by Crippen LogP contribution is 2.21. The molecule has 126 valence electrons. The molecule has 0 aliphatic carbocycles. The molecule has 0 amide bonds. The summed E-state index contributed by atoms with van der Waals surface area (Å²) in [5, 5.41) is 4.70. The molecule has 2 aromatic carbocycles. The van der Waals surface area contributed by atoms with E-state index < -0.39 is 0 Å². The summed E-state index contributed by atoms with van der Waals surface area (Å²) in [6.07, 6.45) is 0. The average molecular weight is 346 g/mol. The van der Waals surface area contributed by atoms with E-state index in [9.17, 15) is 0 Å². The molecular weight excluding hydrogens is 328 g/mol. The second kappa shape index (κ2) is 8.16. The summed E-state index contributed by atoms with van der Waals surface area (Å²) in [7, 11) is 1.87. The van der Waals surface area contributed by atoms with E-state index in [4.69, 9.17) is 18.7 Å². The van der Waals surface area contributed by atoms with Crippen LogP contribution in [0.1, 0.15) is 5.56 Å². The Balaban J connectivity index is 1.36. The van der Waals surface area contributed by atoms with Crippen molar-refractivity contribution in [3.8, 4) is 0 Å². The highest BCUT2D eigenvalue weighted by Gasteiger charge is 2.09. The second-order valence-electron chi connectivity index (χ2n) is 5.24. The van der Waals surface area contributed by atoms with Crippen molar-refractivity contribution in [2.45, 2.75) is 11.8 Å². The highest BCUT2D eigenvalue weighted by molar-refractivity contribution is 7.94. The number of hydrogen-bond acceptors (Lipinski definition) is 7. The molecule has 0 N–H and O–H groups in total. The van der Waals surface area contributed by atoms with E-state index in [1.165, 1.54) is 5.56 Å². The fourth-order valence-electron chi connectivity index (χ4n) is 1.99. The molecule has 0 saturated heterocycles. The molecular formula is C17H18N2O4S. The van der Waals surface area contributed by atoms with Crippen LogP contribution >= 0.6 is 12.0 Å². The van der Waals surface area contributed by atoms with Crippen LogP contribution in [0, 0.1) is 6.92 Å². The molecule has 0 fully saturated rings. The summed E-state index contributed by atoms with van der Waals surface area (Å²) in [6.45, 7) is 2.89. The minimum absolute atomic E-state index is 0.309. The normalized spacial score (nSPS) is 11.1. The maximum Gasteiger partial charge on any atom is 0.298 e. The zero-order valence-corrected chi connectivity index (χ0v) is 14.3. The first-order chi connectivity index (χ1) is 11.7. The van der Waals surface area contributed by atoms with Crippen LogP contribution in [0.15, 0.2) is 57.8 Å². The topological polar surface area (TPSA) is 57.0 Å². The average Bonchev–Trinajstić information content (AvgIpc) is 3.03. The van der Waals surface area contributed by atoms with Gasteiger partial charge in [0.25, 0.3) is 6.01 Å². The zero-order chi connectivity index (χ0) is 16.8. The fourth-order valence-corrected chi connectivity index (χ4v) is 2.39. The lowest BCUT2D eigenvalue weighted by Crippen LogP contribution is -2.22. The third-order valence-corrected chi connectivity index (χ3v) is 3.93. The monoisotopic (exact) mass is 346 g/mol. The van der Waals surface area contributed by atoms with Crippen molar-refractivity contribution < 1.29 is 18.7 Å². The van der Waals surface area contributed by atoms with Crippen LogP contribution in [-0.4, -0.2) is 25.2 Å². The van der Waals surface area contributed by atoms with Crippen molar-refractivity contribution >= 4 is 29.2 Å². The van der Waals surface area contributed by atoms with Crippen LogP contribution in [0.25, 0.3) is 11.1 Å². The van der Waals surface area contributed by atoms with E-state index in [1.807, 2.05) is 67.4 Å². The number of likely N-dealkylation sites (N-methyl/N-ethyl adjacent to an activating group) is 1. The van der Waals surface area contributed by atoms with E-state index >= 15 is 0 Å². The Morgan fingerprint density at radius 3 is 2.71 bits per heavy atom. The Bertz CT molecular complexity index is 743. The number of aryl methyl sites for hydroxylation is 1. The van der Waals surface area contributed by atoms with Gasteiger partial charge in [-0.05, 0) is 31.2 Å². The Labute approximate surface area is 144 Å². The van der Waals surface area contributed by atoms with Gasteiger partial charge in [0.05, 0.1) is 12.0 Å². The van der Waals surface area contributed by atoms with Gasteiger partial charge in [0.1, 0.15) is 12.1 Å². The molecule has 0 aliphatic rings. The molecule has 24 heavy (non-hydrogen) atoms. The Morgan fingerprint density at radius 1 is 1.12 bits per heavy atom. The Hall–Kier alpha value is -2.06. The summed E-state index contributed by atoms with van der Waals surface area (Å²) >= 11 is 1.10. The molecule has 0 spiro atoms. The van der Waals surface area contributed by atoms with E-state index in [0.29, 0.717) is 19.2 Å².